The Morgan fingerprint density at radius 1 is 1.14 bits per heavy atom. The number of nitrogens with zero attached hydrogens (tertiary/aromatic N) is 1. The molecule has 2 aromatic carbocycles. The highest BCUT2D eigenvalue weighted by Gasteiger charge is 2.15. The minimum Gasteiger partial charge on any atom is -0.497 e. The van der Waals surface area contributed by atoms with Crippen LogP contribution in [-0.4, -0.2) is 30.6 Å². The molecule has 1 aromatic heterocycles. The number of methoxy groups -OCH3 is 1. The predicted octanol–water partition coefficient (Wildman–Crippen LogP) is 3.16. The van der Waals surface area contributed by atoms with Gasteiger partial charge >= 0.3 is 5.97 Å². The molecule has 0 aliphatic rings. The van der Waals surface area contributed by atoms with Gasteiger partial charge in [0.05, 0.1) is 23.9 Å². The normalized spacial score (nSPS) is 10.5. The molecule has 0 bridgehead atoms. The second-order valence-electron chi connectivity index (χ2n) is 6.16. The van der Waals surface area contributed by atoms with Crippen molar-refractivity contribution >= 4 is 22.8 Å². The molecule has 0 saturated carbocycles. The summed E-state index contributed by atoms with van der Waals surface area (Å²) in [5, 5.41) is 3.29. The molecule has 3 aromatic rings. The average molecular weight is 382 g/mol. The fraction of sp³-hybridized carbons (Fsp3) is 0.190. The minimum atomic E-state index is -0.659. The summed E-state index contributed by atoms with van der Waals surface area (Å²) in [5.41, 5.74) is 1.95. The van der Waals surface area contributed by atoms with Gasteiger partial charge in [-0.2, -0.15) is 0 Å². The van der Waals surface area contributed by atoms with Crippen molar-refractivity contribution in [3.05, 3.63) is 71.2 Å². The van der Waals surface area contributed by atoms with Crippen LogP contribution in [0.25, 0.3) is 10.9 Å². The highest BCUT2D eigenvalue weighted by Crippen LogP contribution is 2.18. The number of fused-ring (bicyclic) bond motifs is 1. The second kappa shape index (κ2) is 8.47. The zero-order valence-corrected chi connectivity index (χ0v) is 15.5. The number of carbonyl (C=O) groups is 2. The number of amides is 1. The van der Waals surface area contributed by atoms with Crippen LogP contribution in [0, 0.1) is 12.7 Å². The molecular weight excluding hydrogens is 363 g/mol. The first kappa shape index (κ1) is 19.3. The summed E-state index contributed by atoms with van der Waals surface area (Å²) in [7, 11) is 1.57. The van der Waals surface area contributed by atoms with Crippen LogP contribution >= 0.6 is 0 Å². The molecule has 1 amide bonds. The summed E-state index contributed by atoms with van der Waals surface area (Å²) in [4.78, 5) is 28.5. The van der Waals surface area contributed by atoms with Gasteiger partial charge in [-0.3, -0.25) is 9.78 Å². The van der Waals surface area contributed by atoms with Crippen LogP contribution in [-0.2, 0) is 16.1 Å². The van der Waals surface area contributed by atoms with Crippen molar-refractivity contribution in [2.75, 3.05) is 13.7 Å². The quantitative estimate of drug-likeness (QED) is 0.663. The van der Waals surface area contributed by atoms with Gasteiger partial charge in [0.1, 0.15) is 11.6 Å². The Labute approximate surface area is 161 Å². The highest BCUT2D eigenvalue weighted by molar-refractivity contribution is 5.96. The minimum absolute atomic E-state index is 0.236. The number of carbonyl (C=O) groups excluding carboxylic acids is 2. The first-order valence-corrected chi connectivity index (χ1v) is 8.60. The molecule has 0 aliphatic carbocycles. The molecule has 1 heterocycles. The molecule has 0 saturated heterocycles. The van der Waals surface area contributed by atoms with Gasteiger partial charge in [0, 0.05) is 18.0 Å². The van der Waals surface area contributed by atoms with E-state index in [0.29, 0.717) is 22.3 Å². The third-order valence-corrected chi connectivity index (χ3v) is 4.15. The van der Waals surface area contributed by atoms with Crippen LogP contribution < -0.4 is 10.1 Å². The fourth-order valence-electron chi connectivity index (χ4n) is 2.69. The van der Waals surface area contributed by atoms with Crippen molar-refractivity contribution < 1.29 is 23.5 Å². The summed E-state index contributed by atoms with van der Waals surface area (Å²) in [6.45, 7) is 1.50. The third kappa shape index (κ3) is 4.62. The zero-order chi connectivity index (χ0) is 20.1. The van der Waals surface area contributed by atoms with Crippen molar-refractivity contribution in [2.24, 2.45) is 0 Å². The highest BCUT2D eigenvalue weighted by atomic mass is 19.1. The smallest absolute Gasteiger partial charge is 0.340 e. The lowest BCUT2D eigenvalue weighted by Gasteiger charge is -2.09. The number of halogens is 1. The van der Waals surface area contributed by atoms with Crippen molar-refractivity contribution in [3.63, 3.8) is 0 Å². The largest absolute Gasteiger partial charge is 0.497 e. The molecule has 0 aliphatic heterocycles. The molecule has 0 radical (unpaired) electrons. The molecule has 6 nitrogen and oxygen atoms in total. The molecular formula is C21H19FN2O4. The van der Waals surface area contributed by atoms with E-state index in [9.17, 15) is 14.0 Å². The Morgan fingerprint density at radius 2 is 1.96 bits per heavy atom. The number of rotatable bonds is 6. The number of hydrogen-bond donors (Lipinski definition) is 1. The van der Waals surface area contributed by atoms with Crippen LogP contribution in [0.4, 0.5) is 4.39 Å². The van der Waals surface area contributed by atoms with Crippen LogP contribution in [0.2, 0.25) is 0 Å². The Balaban J connectivity index is 1.58. The first-order chi connectivity index (χ1) is 13.5. The van der Waals surface area contributed by atoms with Gasteiger partial charge in [0.15, 0.2) is 6.61 Å². The summed E-state index contributed by atoms with van der Waals surface area (Å²) < 4.78 is 23.5. The lowest BCUT2D eigenvalue weighted by atomic mass is 10.1. The molecule has 144 valence electrons. The number of benzene rings is 2. The van der Waals surface area contributed by atoms with Crippen LogP contribution in [0.1, 0.15) is 21.6 Å². The van der Waals surface area contributed by atoms with E-state index in [1.165, 1.54) is 18.2 Å². The molecule has 0 atom stereocenters. The molecule has 0 spiro atoms. The molecule has 0 unspecified atom stereocenters. The van der Waals surface area contributed by atoms with Crippen LogP contribution in [0.3, 0.4) is 0 Å². The number of ether oxygens (including phenoxy) is 2. The van der Waals surface area contributed by atoms with Gasteiger partial charge in [0.2, 0.25) is 0 Å². The predicted molar refractivity (Wildman–Crippen MR) is 102 cm³/mol. The topological polar surface area (TPSA) is 77.5 Å². The van der Waals surface area contributed by atoms with Gasteiger partial charge in [0.25, 0.3) is 5.91 Å². The van der Waals surface area contributed by atoms with E-state index in [1.54, 1.807) is 32.2 Å². The summed E-state index contributed by atoms with van der Waals surface area (Å²) >= 11 is 0. The monoisotopic (exact) mass is 382 g/mol. The van der Waals surface area contributed by atoms with E-state index in [-0.39, 0.29) is 12.1 Å². The van der Waals surface area contributed by atoms with E-state index in [2.05, 4.69) is 10.3 Å². The molecule has 0 fully saturated rings. The van der Waals surface area contributed by atoms with Crippen LogP contribution in [0.5, 0.6) is 5.75 Å². The van der Waals surface area contributed by atoms with Gasteiger partial charge < -0.3 is 14.8 Å². The second-order valence-corrected chi connectivity index (χ2v) is 6.16. The Hall–Kier alpha value is -3.48. The molecule has 7 heteroatoms. The number of nitrogens with one attached hydrogen (secondary N) is 1. The van der Waals surface area contributed by atoms with E-state index in [1.807, 2.05) is 12.1 Å². The number of aromatic nitrogens is 1. The molecule has 3 rings (SSSR count). The van der Waals surface area contributed by atoms with E-state index < -0.39 is 24.3 Å². The standard InChI is InChI=1S/C21H19FN2O4/c1-13-18(9-15-6-7-16(22)10-19(15)24-13)21(26)28-12-20(25)23-11-14-4-3-5-17(8-14)27-2/h3-10H,11-12H2,1-2H3,(H,23,25). The number of hydrogen-bond acceptors (Lipinski definition) is 5. The summed E-state index contributed by atoms with van der Waals surface area (Å²) in [6.07, 6.45) is 0. The van der Waals surface area contributed by atoms with Crippen molar-refractivity contribution in [1.29, 1.82) is 0 Å². The van der Waals surface area contributed by atoms with Gasteiger partial charge in [-0.25, -0.2) is 9.18 Å². The number of aryl methyl sites for hydroxylation is 1. The zero-order valence-electron chi connectivity index (χ0n) is 15.5. The van der Waals surface area contributed by atoms with Crippen molar-refractivity contribution in [2.45, 2.75) is 13.5 Å². The Kier molecular flexibility index (Phi) is 5.84. The van der Waals surface area contributed by atoms with E-state index in [4.69, 9.17) is 9.47 Å². The first-order valence-electron chi connectivity index (χ1n) is 8.60. The van der Waals surface area contributed by atoms with E-state index in [0.717, 1.165) is 5.56 Å². The van der Waals surface area contributed by atoms with E-state index >= 15 is 0 Å². The molecule has 1 N–H and O–H groups in total. The SMILES string of the molecule is COc1cccc(CNC(=O)COC(=O)c2cc3ccc(F)cc3nc2C)c1. The average Bonchev–Trinajstić information content (AvgIpc) is 2.70. The number of pyridine rings is 1. The lowest BCUT2D eigenvalue weighted by Crippen LogP contribution is -2.28. The van der Waals surface area contributed by atoms with Gasteiger partial charge in [-0.1, -0.05) is 12.1 Å². The molecule has 28 heavy (non-hydrogen) atoms. The van der Waals surface area contributed by atoms with Gasteiger partial charge in [-0.05, 0) is 42.8 Å². The third-order valence-electron chi connectivity index (χ3n) is 4.15. The van der Waals surface area contributed by atoms with Gasteiger partial charge in [-0.15, -0.1) is 0 Å². The lowest BCUT2D eigenvalue weighted by molar-refractivity contribution is -0.124. The Bertz CT molecular complexity index is 1040. The van der Waals surface area contributed by atoms with Crippen LogP contribution in [0.15, 0.2) is 48.5 Å². The maximum atomic E-state index is 13.3. The van der Waals surface area contributed by atoms with Crippen molar-refractivity contribution in [1.82, 2.24) is 10.3 Å². The fourth-order valence-corrected chi connectivity index (χ4v) is 2.69. The Morgan fingerprint density at radius 3 is 2.75 bits per heavy atom. The summed E-state index contributed by atoms with van der Waals surface area (Å²) in [5.74, 6) is -0.794. The maximum Gasteiger partial charge on any atom is 0.340 e. The van der Waals surface area contributed by atoms with Crippen molar-refractivity contribution in [3.8, 4) is 5.75 Å². The maximum absolute atomic E-state index is 13.3. The number of esters is 1. The summed E-state index contributed by atoms with van der Waals surface area (Å²) in [6, 6.07) is 13.0.